The van der Waals surface area contributed by atoms with Crippen LogP contribution >= 0.6 is 0 Å². The number of carbonyl (C=O) groups excluding carboxylic acids is 1. The van der Waals surface area contributed by atoms with Crippen molar-refractivity contribution in [2.24, 2.45) is 5.92 Å². The van der Waals surface area contributed by atoms with Gasteiger partial charge in [-0.3, -0.25) is 4.79 Å². The maximum atomic E-state index is 12.2. The molecule has 0 saturated heterocycles. The summed E-state index contributed by atoms with van der Waals surface area (Å²) < 4.78 is 7.16. The van der Waals surface area contributed by atoms with E-state index in [-0.39, 0.29) is 11.8 Å². The molecule has 1 aromatic heterocycles. The van der Waals surface area contributed by atoms with Crippen molar-refractivity contribution in [3.8, 4) is 16.9 Å². The molecule has 0 spiro atoms. The first-order chi connectivity index (χ1) is 17.4. The molecule has 0 aliphatic rings. The molecule has 0 radical (unpaired) electrons. The monoisotopic (exact) mass is 485 g/mol. The van der Waals surface area contributed by atoms with E-state index in [0.29, 0.717) is 17.9 Å². The number of rotatable bonds is 9. The fraction of sp³-hybridized carbons (Fsp3) is 0.276. The van der Waals surface area contributed by atoms with E-state index in [4.69, 9.17) is 14.8 Å². The molecule has 0 fully saturated rings. The quantitative estimate of drug-likeness (QED) is 0.202. The number of unbranched alkanes of at least 4 members (excludes halogenated alkanes) is 1. The third-order valence-electron chi connectivity index (χ3n) is 6.06. The molecule has 1 heterocycles. The maximum Gasteiger partial charge on any atom is 0.511 e. The number of carboxylic acid groups (broad SMARTS) is 1. The van der Waals surface area contributed by atoms with E-state index in [1.807, 2.05) is 68.4 Å². The molecular formula is C29H31N3O4. The number of carbonyl (C=O) groups is 2. The second kappa shape index (κ2) is 11.1. The molecule has 0 bridgehead atoms. The summed E-state index contributed by atoms with van der Waals surface area (Å²) in [5.74, 6) is 1.20. The Kier molecular flexibility index (Phi) is 7.68. The predicted octanol–water partition coefficient (Wildman–Crippen LogP) is 6.75. The molecule has 4 aromatic rings. The van der Waals surface area contributed by atoms with Gasteiger partial charge in [-0.2, -0.15) is 0 Å². The van der Waals surface area contributed by atoms with Crippen molar-refractivity contribution < 1.29 is 19.4 Å². The van der Waals surface area contributed by atoms with Gasteiger partial charge in [0.25, 0.3) is 0 Å². The number of aryl methyl sites for hydroxylation is 1. The van der Waals surface area contributed by atoms with Crippen molar-refractivity contribution in [3.05, 3.63) is 78.1 Å². The highest BCUT2D eigenvalue weighted by atomic mass is 16.7. The minimum Gasteiger partial charge on any atom is -0.449 e. The average Bonchev–Trinajstić information content (AvgIpc) is 3.19. The maximum absolute atomic E-state index is 12.2. The zero-order valence-corrected chi connectivity index (χ0v) is 20.8. The third-order valence-corrected chi connectivity index (χ3v) is 6.06. The number of nitrogens with zero attached hydrogens (tertiary/aromatic N) is 2. The van der Waals surface area contributed by atoms with E-state index >= 15 is 0 Å². The Hall–Kier alpha value is -4.13. The fourth-order valence-corrected chi connectivity index (χ4v) is 4.10. The highest BCUT2D eigenvalue weighted by molar-refractivity contribution is 5.94. The number of hydrogen-bond donors (Lipinski definition) is 2. The lowest BCUT2D eigenvalue weighted by Gasteiger charge is -2.12. The van der Waals surface area contributed by atoms with Crippen LogP contribution < -0.4 is 10.1 Å². The molecule has 2 N–H and O–H groups in total. The second-order valence-corrected chi connectivity index (χ2v) is 9.13. The van der Waals surface area contributed by atoms with Crippen molar-refractivity contribution in [2.45, 2.75) is 46.6 Å². The van der Waals surface area contributed by atoms with Crippen LogP contribution in [0.4, 0.5) is 10.5 Å². The molecule has 0 saturated carbocycles. The predicted molar refractivity (Wildman–Crippen MR) is 141 cm³/mol. The smallest absolute Gasteiger partial charge is 0.449 e. The number of hydrogen-bond acceptors (Lipinski definition) is 4. The van der Waals surface area contributed by atoms with Gasteiger partial charge in [-0.15, -0.1) is 0 Å². The molecule has 1 amide bonds. The number of aromatic nitrogens is 2. The summed E-state index contributed by atoms with van der Waals surface area (Å²) in [6, 6.07) is 20.9. The number of anilines is 1. The summed E-state index contributed by atoms with van der Waals surface area (Å²) in [5.41, 5.74) is 5.32. The lowest BCUT2D eigenvalue weighted by Crippen LogP contribution is -2.17. The summed E-state index contributed by atoms with van der Waals surface area (Å²) in [6.45, 7) is 6.54. The van der Waals surface area contributed by atoms with E-state index in [1.165, 1.54) is 0 Å². The normalized spacial score (nSPS) is 11.1. The van der Waals surface area contributed by atoms with Gasteiger partial charge >= 0.3 is 6.16 Å². The molecule has 36 heavy (non-hydrogen) atoms. The first-order valence-electron chi connectivity index (χ1n) is 12.2. The Bertz CT molecular complexity index is 1370. The Morgan fingerprint density at radius 2 is 1.81 bits per heavy atom. The molecular weight excluding hydrogens is 454 g/mol. The Morgan fingerprint density at radius 1 is 1.06 bits per heavy atom. The standard InChI is InChI=1S/C29H31N3O4/c1-4-5-10-27-31-24-16-15-22(30-28(33)19(2)3)17-25(24)32(27)18-20-11-13-21(14-12-20)23-8-6-7-9-26(23)36-29(34)35/h6-9,11-17,19H,4-5,10,18H2,1-3H3,(H,30,33)(H,34,35). The van der Waals surface area contributed by atoms with Gasteiger partial charge < -0.3 is 19.7 Å². The largest absolute Gasteiger partial charge is 0.511 e. The second-order valence-electron chi connectivity index (χ2n) is 9.13. The van der Waals surface area contributed by atoms with Crippen LogP contribution in [0, 0.1) is 5.92 Å². The van der Waals surface area contributed by atoms with Crippen molar-refractivity contribution in [3.63, 3.8) is 0 Å². The van der Waals surface area contributed by atoms with Gasteiger partial charge in [0.15, 0.2) is 0 Å². The van der Waals surface area contributed by atoms with Gasteiger partial charge in [0, 0.05) is 30.1 Å². The molecule has 7 heteroatoms. The molecule has 0 atom stereocenters. The molecule has 186 valence electrons. The number of nitrogens with one attached hydrogen (secondary N) is 1. The van der Waals surface area contributed by atoms with E-state index < -0.39 is 6.16 Å². The molecule has 4 rings (SSSR count). The topological polar surface area (TPSA) is 93.5 Å². The van der Waals surface area contributed by atoms with Gasteiger partial charge in [-0.25, -0.2) is 9.78 Å². The Labute approximate surface area is 210 Å². The lowest BCUT2D eigenvalue weighted by molar-refractivity contribution is -0.118. The van der Waals surface area contributed by atoms with Gasteiger partial charge in [-0.05, 0) is 41.8 Å². The molecule has 3 aromatic carbocycles. The van der Waals surface area contributed by atoms with Crippen molar-refractivity contribution in [1.29, 1.82) is 0 Å². The van der Waals surface area contributed by atoms with Gasteiger partial charge in [0.1, 0.15) is 11.6 Å². The van der Waals surface area contributed by atoms with E-state index in [0.717, 1.165) is 52.9 Å². The van der Waals surface area contributed by atoms with Gasteiger partial charge in [0.2, 0.25) is 5.91 Å². The van der Waals surface area contributed by atoms with Crippen molar-refractivity contribution >= 4 is 28.8 Å². The van der Waals surface area contributed by atoms with E-state index in [1.54, 1.807) is 12.1 Å². The fourth-order valence-electron chi connectivity index (χ4n) is 4.10. The minimum atomic E-state index is -1.34. The number of fused-ring (bicyclic) bond motifs is 1. The van der Waals surface area contributed by atoms with E-state index in [9.17, 15) is 9.59 Å². The Balaban J connectivity index is 1.66. The van der Waals surface area contributed by atoms with Crippen LogP contribution in [0.15, 0.2) is 66.7 Å². The summed E-state index contributed by atoms with van der Waals surface area (Å²) in [5, 5.41) is 12.0. The van der Waals surface area contributed by atoms with Crippen LogP contribution in [0.2, 0.25) is 0 Å². The van der Waals surface area contributed by atoms with Crippen LogP contribution in [0.1, 0.15) is 45.0 Å². The highest BCUT2D eigenvalue weighted by Crippen LogP contribution is 2.31. The zero-order valence-electron chi connectivity index (χ0n) is 20.8. The highest BCUT2D eigenvalue weighted by Gasteiger charge is 2.14. The molecule has 0 aliphatic heterocycles. The molecule has 0 aliphatic carbocycles. The number of imidazole rings is 1. The van der Waals surface area contributed by atoms with Crippen LogP contribution in [0.3, 0.4) is 0 Å². The first kappa shape index (κ1) is 25.0. The Morgan fingerprint density at radius 3 is 2.50 bits per heavy atom. The third kappa shape index (κ3) is 5.74. The van der Waals surface area contributed by atoms with Crippen LogP contribution in [-0.2, 0) is 17.8 Å². The minimum absolute atomic E-state index is 0.0191. The van der Waals surface area contributed by atoms with Crippen molar-refractivity contribution in [1.82, 2.24) is 9.55 Å². The molecule has 7 nitrogen and oxygen atoms in total. The first-order valence-corrected chi connectivity index (χ1v) is 12.2. The lowest BCUT2D eigenvalue weighted by atomic mass is 10.0. The van der Waals surface area contributed by atoms with Crippen LogP contribution in [0.5, 0.6) is 5.75 Å². The average molecular weight is 486 g/mol. The summed E-state index contributed by atoms with van der Waals surface area (Å²) in [4.78, 5) is 28.2. The SMILES string of the molecule is CCCCc1nc2ccc(NC(=O)C(C)C)cc2n1Cc1ccc(-c2ccccc2OC(=O)O)cc1. The van der Waals surface area contributed by atoms with Crippen LogP contribution in [0.25, 0.3) is 22.2 Å². The van der Waals surface area contributed by atoms with Crippen LogP contribution in [-0.4, -0.2) is 26.7 Å². The number of amides is 1. The zero-order chi connectivity index (χ0) is 25.7. The van der Waals surface area contributed by atoms with E-state index in [2.05, 4.69) is 16.8 Å². The molecule has 0 unspecified atom stereocenters. The summed E-state index contributed by atoms with van der Waals surface area (Å²) >= 11 is 0. The number of para-hydroxylation sites is 1. The van der Waals surface area contributed by atoms with Crippen molar-refractivity contribution in [2.75, 3.05) is 5.32 Å². The van der Waals surface area contributed by atoms with Gasteiger partial charge in [0.05, 0.1) is 11.0 Å². The number of benzene rings is 3. The summed E-state index contributed by atoms with van der Waals surface area (Å²) in [6.07, 6.45) is 1.65. The number of ether oxygens (including phenoxy) is 1. The van der Waals surface area contributed by atoms with Gasteiger partial charge in [-0.1, -0.05) is 69.7 Å². The summed E-state index contributed by atoms with van der Waals surface area (Å²) in [7, 11) is 0.